The van der Waals surface area contributed by atoms with Crippen LogP contribution in [-0.2, 0) is 27.9 Å². The van der Waals surface area contributed by atoms with Crippen molar-refractivity contribution in [1.82, 2.24) is 24.5 Å². The van der Waals surface area contributed by atoms with E-state index in [1.54, 1.807) is 0 Å². The minimum absolute atomic E-state index is 0.0778. The Labute approximate surface area is 184 Å². The first-order valence-corrected chi connectivity index (χ1v) is 12.0. The molecule has 0 unspecified atom stereocenters. The molecule has 31 heavy (non-hydrogen) atoms. The second-order valence-electron chi connectivity index (χ2n) is 9.74. The molecule has 4 aliphatic rings. The largest absolute Gasteiger partial charge is 0.376 e. The van der Waals surface area contributed by atoms with Gasteiger partial charge < -0.3 is 14.5 Å². The second-order valence-corrected chi connectivity index (χ2v) is 9.74. The standard InChI is InChI=1S/C23H35N5O3/c1-25-18(6-7-24-25)15-28-14-17(12-21(29)26-8-2-3-9-26)23-19(28)16-31-20(23)13-22(30)27-10-4-5-11-27/h6-7,17,19-20,23H,2-5,8-16H2,1H3/t17-,19-,20+,23-/m1/s1. The highest BCUT2D eigenvalue weighted by Crippen LogP contribution is 2.42. The molecular formula is C23H35N5O3. The van der Waals surface area contributed by atoms with Crippen LogP contribution in [0.15, 0.2) is 12.3 Å². The Morgan fingerprint density at radius 1 is 1.03 bits per heavy atom. The van der Waals surface area contributed by atoms with Crippen molar-refractivity contribution in [3.8, 4) is 0 Å². The second kappa shape index (κ2) is 8.90. The summed E-state index contributed by atoms with van der Waals surface area (Å²) in [5.74, 6) is 0.981. The lowest BCUT2D eigenvalue weighted by Gasteiger charge is -2.26. The highest BCUT2D eigenvalue weighted by Gasteiger charge is 2.51. The number of nitrogens with zero attached hydrogens (tertiary/aromatic N) is 5. The van der Waals surface area contributed by atoms with Gasteiger partial charge in [0.1, 0.15) is 0 Å². The zero-order valence-electron chi connectivity index (χ0n) is 18.6. The molecule has 8 heteroatoms. The first-order chi connectivity index (χ1) is 15.1. The normalized spacial score (nSPS) is 31.0. The van der Waals surface area contributed by atoms with Gasteiger partial charge in [0, 0.05) is 70.9 Å². The molecule has 4 saturated heterocycles. The summed E-state index contributed by atoms with van der Waals surface area (Å²) in [4.78, 5) is 32.3. The van der Waals surface area contributed by atoms with Gasteiger partial charge in [-0.25, -0.2) is 0 Å². The van der Waals surface area contributed by atoms with Gasteiger partial charge in [-0.15, -0.1) is 0 Å². The van der Waals surface area contributed by atoms with Crippen LogP contribution in [0.1, 0.15) is 44.2 Å². The number of aromatic nitrogens is 2. The predicted molar refractivity (Wildman–Crippen MR) is 115 cm³/mol. The highest BCUT2D eigenvalue weighted by atomic mass is 16.5. The van der Waals surface area contributed by atoms with E-state index in [1.165, 1.54) is 5.69 Å². The zero-order chi connectivity index (χ0) is 21.4. The minimum atomic E-state index is -0.0778. The van der Waals surface area contributed by atoms with Gasteiger partial charge in [-0.2, -0.15) is 5.10 Å². The van der Waals surface area contributed by atoms with E-state index in [-0.39, 0.29) is 35.8 Å². The van der Waals surface area contributed by atoms with E-state index >= 15 is 0 Å². The summed E-state index contributed by atoms with van der Waals surface area (Å²) in [6.45, 7) is 5.89. The Kier molecular flexibility index (Phi) is 6.01. The molecule has 0 saturated carbocycles. The van der Waals surface area contributed by atoms with Crippen molar-refractivity contribution in [2.45, 2.75) is 57.2 Å². The SMILES string of the molecule is Cn1nccc1CN1C[C@@H](CC(=O)N2CCCC2)[C@H]2[C@H](CC(=O)N3CCCC3)OC[C@H]21. The fourth-order valence-electron chi connectivity index (χ4n) is 6.15. The van der Waals surface area contributed by atoms with E-state index in [9.17, 15) is 9.59 Å². The van der Waals surface area contributed by atoms with Crippen LogP contribution in [0.5, 0.6) is 0 Å². The fourth-order valence-corrected chi connectivity index (χ4v) is 6.15. The Bertz CT molecular complexity index is 799. The molecule has 4 aliphatic heterocycles. The molecule has 0 spiro atoms. The monoisotopic (exact) mass is 429 g/mol. The Morgan fingerprint density at radius 2 is 1.68 bits per heavy atom. The molecule has 2 amide bonds. The minimum Gasteiger partial charge on any atom is -0.376 e. The molecule has 8 nitrogen and oxygen atoms in total. The van der Waals surface area contributed by atoms with Crippen LogP contribution < -0.4 is 0 Å². The van der Waals surface area contributed by atoms with E-state index < -0.39 is 0 Å². The summed E-state index contributed by atoms with van der Waals surface area (Å²) < 4.78 is 8.15. The number of amides is 2. The number of carbonyl (C=O) groups excluding carboxylic acids is 2. The van der Waals surface area contributed by atoms with Gasteiger partial charge in [-0.3, -0.25) is 19.2 Å². The average molecular weight is 430 g/mol. The number of rotatable bonds is 6. The molecule has 0 N–H and O–H groups in total. The molecule has 170 valence electrons. The lowest BCUT2D eigenvalue weighted by molar-refractivity contribution is -0.133. The van der Waals surface area contributed by atoms with Gasteiger partial charge in [-0.05, 0) is 37.7 Å². The number of fused-ring (bicyclic) bond motifs is 1. The molecular weight excluding hydrogens is 394 g/mol. The number of hydrogen-bond acceptors (Lipinski definition) is 5. The molecule has 0 aliphatic carbocycles. The summed E-state index contributed by atoms with van der Waals surface area (Å²) in [6.07, 6.45) is 7.22. The first kappa shape index (κ1) is 20.9. The molecule has 5 rings (SSSR count). The van der Waals surface area contributed by atoms with Crippen LogP contribution in [0.4, 0.5) is 0 Å². The van der Waals surface area contributed by atoms with Crippen molar-refractivity contribution in [3.05, 3.63) is 18.0 Å². The van der Waals surface area contributed by atoms with Crippen LogP contribution >= 0.6 is 0 Å². The van der Waals surface area contributed by atoms with Crippen molar-refractivity contribution in [3.63, 3.8) is 0 Å². The maximum atomic E-state index is 13.0. The molecule has 1 aromatic rings. The van der Waals surface area contributed by atoms with Crippen molar-refractivity contribution >= 4 is 11.8 Å². The van der Waals surface area contributed by atoms with Crippen molar-refractivity contribution in [2.24, 2.45) is 18.9 Å². The van der Waals surface area contributed by atoms with Gasteiger partial charge in [0.2, 0.25) is 11.8 Å². The smallest absolute Gasteiger partial charge is 0.225 e. The summed E-state index contributed by atoms with van der Waals surface area (Å²) in [6, 6.07) is 2.32. The highest BCUT2D eigenvalue weighted by molar-refractivity contribution is 5.78. The van der Waals surface area contributed by atoms with Crippen LogP contribution in [-0.4, -0.2) is 87.8 Å². The van der Waals surface area contributed by atoms with Gasteiger partial charge in [0.15, 0.2) is 0 Å². The zero-order valence-corrected chi connectivity index (χ0v) is 18.6. The lowest BCUT2D eigenvalue weighted by atomic mass is 9.84. The molecule has 4 fully saturated rings. The quantitative estimate of drug-likeness (QED) is 0.681. The topological polar surface area (TPSA) is 70.9 Å². The molecule has 4 atom stereocenters. The Hall–Kier alpha value is -1.93. The summed E-state index contributed by atoms with van der Waals surface area (Å²) in [5, 5.41) is 4.31. The van der Waals surface area contributed by atoms with Gasteiger partial charge in [-0.1, -0.05) is 0 Å². The molecule has 0 aromatic carbocycles. The Balaban J connectivity index is 1.31. The van der Waals surface area contributed by atoms with Crippen LogP contribution in [0.2, 0.25) is 0 Å². The van der Waals surface area contributed by atoms with E-state index in [2.05, 4.69) is 16.1 Å². The van der Waals surface area contributed by atoms with E-state index in [1.807, 2.05) is 27.7 Å². The lowest BCUT2D eigenvalue weighted by Crippen LogP contribution is -2.37. The molecule has 0 radical (unpaired) electrons. The van der Waals surface area contributed by atoms with Crippen molar-refractivity contribution < 1.29 is 14.3 Å². The number of aryl methyl sites for hydroxylation is 1. The van der Waals surface area contributed by atoms with Gasteiger partial charge >= 0.3 is 0 Å². The number of ether oxygens (including phenoxy) is 1. The maximum absolute atomic E-state index is 13.0. The summed E-state index contributed by atoms with van der Waals surface area (Å²) in [5.41, 5.74) is 1.17. The van der Waals surface area contributed by atoms with Crippen LogP contribution in [0.3, 0.4) is 0 Å². The van der Waals surface area contributed by atoms with Gasteiger partial charge in [0.25, 0.3) is 0 Å². The van der Waals surface area contributed by atoms with E-state index in [0.29, 0.717) is 19.4 Å². The van der Waals surface area contributed by atoms with Crippen molar-refractivity contribution in [1.29, 1.82) is 0 Å². The molecule has 0 bridgehead atoms. The maximum Gasteiger partial charge on any atom is 0.225 e. The van der Waals surface area contributed by atoms with Gasteiger partial charge in [0.05, 0.1) is 24.8 Å². The predicted octanol–water partition coefficient (Wildman–Crippen LogP) is 1.26. The number of hydrogen-bond donors (Lipinski definition) is 0. The third-order valence-corrected chi connectivity index (χ3v) is 7.85. The average Bonchev–Trinajstić information content (AvgIpc) is 3.56. The summed E-state index contributed by atoms with van der Waals surface area (Å²) in [7, 11) is 1.97. The first-order valence-electron chi connectivity index (χ1n) is 12.0. The van der Waals surface area contributed by atoms with E-state index in [0.717, 1.165) is 65.0 Å². The Morgan fingerprint density at radius 3 is 2.29 bits per heavy atom. The van der Waals surface area contributed by atoms with Crippen LogP contribution in [0.25, 0.3) is 0 Å². The molecule has 5 heterocycles. The molecule has 1 aromatic heterocycles. The van der Waals surface area contributed by atoms with E-state index in [4.69, 9.17) is 4.74 Å². The fraction of sp³-hybridized carbons (Fsp3) is 0.783. The number of likely N-dealkylation sites (tertiary alicyclic amines) is 3. The van der Waals surface area contributed by atoms with Crippen LogP contribution in [0, 0.1) is 11.8 Å². The van der Waals surface area contributed by atoms with Crippen molar-refractivity contribution in [2.75, 3.05) is 39.3 Å². The number of carbonyl (C=O) groups is 2. The third-order valence-electron chi connectivity index (χ3n) is 7.85. The third kappa shape index (κ3) is 4.24. The summed E-state index contributed by atoms with van der Waals surface area (Å²) >= 11 is 0.